The molecule has 0 saturated heterocycles. The minimum atomic E-state index is -4.26. The zero-order valence-electron chi connectivity index (χ0n) is 29.6. The molecule has 2 unspecified atom stereocenters. The molecule has 0 spiro atoms. The van der Waals surface area contributed by atoms with E-state index in [2.05, 4.69) is 13.8 Å². The molecule has 0 bridgehead atoms. The van der Waals surface area contributed by atoms with E-state index < -0.39 is 13.9 Å². The molecule has 0 aliphatic rings. The van der Waals surface area contributed by atoms with Crippen molar-refractivity contribution in [1.29, 1.82) is 0 Å². The summed E-state index contributed by atoms with van der Waals surface area (Å²) in [5.41, 5.74) is 5.35. The van der Waals surface area contributed by atoms with Crippen LogP contribution in [0.3, 0.4) is 0 Å². The van der Waals surface area contributed by atoms with E-state index in [-0.39, 0.29) is 32.3 Å². The average Bonchev–Trinajstić information content (AvgIpc) is 3.02. The van der Waals surface area contributed by atoms with Crippen LogP contribution in [0.2, 0.25) is 0 Å². The Bertz CT molecular complexity index is 667. The number of hydrogen-bond donors (Lipinski definition) is 2. The van der Waals surface area contributed by atoms with Crippen LogP contribution in [-0.4, -0.2) is 49.9 Å². The van der Waals surface area contributed by atoms with Gasteiger partial charge in [-0.25, -0.2) is 4.57 Å². The summed E-state index contributed by atoms with van der Waals surface area (Å²) < 4.78 is 33.3. The summed E-state index contributed by atoms with van der Waals surface area (Å²) in [5.74, 6) is -0.327. The Hall–Kier alpha value is -0.500. The van der Waals surface area contributed by atoms with Crippen LogP contribution in [0.25, 0.3) is 0 Å². The third-order valence-electron chi connectivity index (χ3n) is 8.27. The Balaban J connectivity index is 4.05. The fourth-order valence-electron chi connectivity index (χ4n) is 5.47. The van der Waals surface area contributed by atoms with Crippen LogP contribution in [0.1, 0.15) is 187 Å². The zero-order valence-corrected chi connectivity index (χ0v) is 30.5. The largest absolute Gasteiger partial charge is 0.472 e. The third kappa shape index (κ3) is 34.6. The van der Waals surface area contributed by atoms with Crippen LogP contribution in [0.4, 0.5) is 0 Å². The maximum absolute atomic E-state index is 12.5. The second kappa shape index (κ2) is 34.8. The van der Waals surface area contributed by atoms with Crippen LogP contribution < -0.4 is 5.73 Å². The Labute approximate surface area is 278 Å². The molecule has 0 aromatic heterocycles. The van der Waals surface area contributed by atoms with Crippen molar-refractivity contribution in [2.24, 2.45) is 5.73 Å². The molecule has 9 heteroatoms. The molecule has 270 valence electrons. The van der Waals surface area contributed by atoms with E-state index in [0.29, 0.717) is 13.0 Å². The van der Waals surface area contributed by atoms with Crippen molar-refractivity contribution >= 4 is 13.8 Å². The highest BCUT2D eigenvalue weighted by Gasteiger charge is 2.25. The summed E-state index contributed by atoms with van der Waals surface area (Å²) in [6.07, 6.45) is 32.5. The molecule has 45 heavy (non-hydrogen) atoms. The Morgan fingerprint density at radius 1 is 0.578 bits per heavy atom. The number of ether oxygens (including phenoxy) is 2. The number of phosphoric acid groups is 1. The van der Waals surface area contributed by atoms with Crippen LogP contribution in [0, 0.1) is 0 Å². The first-order valence-corrected chi connectivity index (χ1v) is 20.5. The van der Waals surface area contributed by atoms with E-state index >= 15 is 0 Å². The second-order valence-corrected chi connectivity index (χ2v) is 14.3. The van der Waals surface area contributed by atoms with Crippen molar-refractivity contribution in [3.8, 4) is 0 Å². The van der Waals surface area contributed by atoms with Gasteiger partial charge in [-0.05, 0) is 12.8 Å². The molecule has 0 aliphatic heterocycles. The molecule has 0 aromatic rings. The molecule has 0 amide bonds. The predicted molar refractivity (Wildman–Crippen MR) is 187 cm³/mol. The van der Waals surface area contributed by atoms with Gasteiger partial charge in [0, 0.05) is 19.6 Å². The van der Waals surface area contributed by atoms with Crippen molar-refractivity contribution in [3.63, 3.8) is 0 Å². The first-order valence-electron chi connectivity index (χ1n) is 19.0. The number of hydrogen-bond acceptors (Lipinski definition) is 7. The molecule has 0 fully saturated rings. The summed E-state index contributed by atoms with van der Waals surface area (Å²) in [6.45, 7) is 4.95. The van der Waals surface area contributed by atoms with Gasteiger partial charge in [0.15, 0.2) is 0 Å². The van der Waals surface area contributed by atoms with Gasteiger partial charge in [0.25, 0.3) is 0 Å². The lowest BCUT2D eigenvalue weighted by atomic mass is 10.0. The van der Waals surface area contributed by atoms with Crippen LogP contribution in [-0.2, 0) is 27.9 Å². The van der Waals surface area contributed by atoms with Gasteiger partial charge in [-0.3, -0.25) is 13.8 Å². The van der Waals surface area contributed by atoms with E-state index in [0.717, 1.165) is 32.1 Å². The third-order valence-corrected chi connectivity index (χ3v) is 9.26. The Morgan fingerprint density at radius 2 is 0.978 bits per heavy atom. The number of nitrogens with two attached hydrogens (primary N) is 1. The SMILES string of the molecule is CCCCCCCCCCCCCCCCOCC(COP(=O)(O)OCCN)OC(=O)CCCCCCCCCCCCCC. The van der Waals surface area contributed by atoms with Crippen LogP contribution in [0.5, 0.6) is 0 Å². The number of carbonyl (C=O) groups is 1. The van der Waals surface area contributed by atoms with Crippen LogP contribution in [0.15, 0.2) is 0 Å². The first kappa shape index (κ1) is 44.5. The second-order valence-electron chi connectivity index (χ2n) is 12.8. The quantitative estimate of drug-likeness (QED) is 0.0383. The fraction of sp³-hybridized carbons (Fsp3) is 0.972. The predicted octanol–water partition coefficient (Wildman–Crippen LogP) is 10.6. The molecule has 0 saturated carbocycles. The molecule has 8 nitrogen and oxygen atoms in total. The molecule has 2 atom stereocenters. The maximum atomic E-state index is 12.5. The van der Waals surface area contributed by atoms with Gasteiger partial charge < -0.3 is 20.1 Å². The monoisotopic (exact) mass is 664 g/mol. The topological polar surface area (TPSA) is 117 Å². The van der Waals surface area contributed by atoms with Gasteiger partial charge in [0.2, 0.25) is 0 Å². The highest BCUT2D eigenvalue weighted by atomic mass is 31.2. The van der Waals surface area contributed by atoms with Gasteiger partial charge in [-0.15, -0.1) is 0 Å². The minimum absolute atomic E-state index is 0.0905. The summed E-state index contributed by atoms with van der Waals surface area (Å²) in [6, 6.07) is 0. The molecule has 0 rings (SSSR count). The standard InChI is InChI=1S/C36H74NO7P/c1-3-5-7-9-11-13-15-17-18-20-22-24-26-28-31-41-33-35(34-43-45(39,40)42-32-30-37)44-36(38)29-27-25-23-21-19-16-14-12-10-8-6-4-2/h35H,3-34,37H2,1-2H3,(H,39,40). The summed E-state index contributed by atoms with van der Waals surface area (Å²) in [7, 11) is -4.26. The molecular weight excluding hydrogens is 589 g/mol. The van der Waals surface area contributed by atoms with Crippen LogP contribution >= 0.6 is 7.82 Å². The van der Waals surface area contributed by atoms with Gasteiger partial charge in [0.05, 0.1) is 19.8 Å². The summed E-state index contributed by atoms with van der Waals surface area (Å²) >= 11 is 0. The van der Waals surface area contributed by atoms with Gasteiger partial charge in [-0.2, -0.15) is 0 Å². The van der Waals surface area contributed by atoms with Crippen molar-refractivity contribution in [1.82, 2.24) is 0 Å². The van der Waals surface area contributed by atoms with Gasteiger partial charge >= 0.3 is 13.8 Å². The highest BCUT2D eigenvalue weighted by Crippen LogP contribution is 2.43. The molecule has 0 radical (unpaired) electrons. The number of carbonyl (C=O) groups excluding carboxylic acids is 1. The lowest BCUT2D eigenvalue weighted by molar-refractivity contribution is -0.154. The normalized spacial score (nSPS) is 13.6. The maximum Gasteiger partial charge on any atom is 0.472 e. The number of rotatable bonds is 37. The van der Waals surface area contributed by atoms with E-state index in [4.69, 9.17) is 24.3 Å². The molecule has 0 heterocycles. The molecular formula is C36H74NO7P. The number of esters is 1. The minimum Gasteiger partial charge on any atom is -0.457 e. The van der Waals surface area contributed by atoms with E-state index in [9.17, 15) is 14.3 Å². The van der Waals surface area contributed by atoms with Gasteiger partial charge in [-0.1, -0.05) is 168 Å². The van der Waals surface area contributed by atoms with Crippen molar-refractivity contribution in [2.75, 3.05) is 33.0 Å². The smallest absolute Gasteiger partial charge is 0.457 e. The molecule has 0 aromatic carbocycles. The molecule has 3 N–H and O–H groups in total. The van der Waals surface area contributed by atoms with Crippen molar-refractivity contribution < 1.29 is 32.8 Å². The summed E-state index contributed by atoms with van der Waals surface area (Å²) in [5, 5.41) is 0. The lowest BCUT2D eigenvalue weighted by Gasteiger charge is -2.20. The Morgan fingerprint density at radius 3 is 1.40 bits per heavy atom. The van der Waals surface area contributed by atoms with Crippen molar-refractivity contribution in [2.45, 2.75) is 193 Å². The first-order chi connectivity index (χ1) is 21.9. The van der Waals surface area contributed by atoms with Gasteiger partial charge in [0.1, 0.15) is 6.10 Å². The lowest BCUT2D eigenvalue weighted by Crippen LogP contribution is -2.28. The fourth-order valence-corrected chi connectivity index (χ4v) is 6.23. The van der Waals surface area contributed by atoms with Crippen molar-refractivity contribution in [3.05, 3.63) is 0 Å². The zero-order chi connectivity index (χ0) is 33.1. The molecule has 0 aliphatic carbocycles. The van der Waals surface area contributed by atoms with E-state index in [1.807, 2.05) is 0 Å². The summed E-state index contributed by atoms with van der Waals surface area (Å²) in [4.78, 5) is 22.3. The highest BCUT2D eigenvalue weighted by molar-refractivity contribution is 7.47. The number of unbranched alkanes of at least 4 members (excludes halogenated alkanes) is 24. The average molecular weight is 664 g/mol. The van der Waals surface area contributed by atoms with E-state index in [1.54, 1.807) is 0 Å². The Kier molecular flexibility index (Phi) is 34.4. The van der Waals surface area contributed by atoms with E-state index in [1.165, 1.54) is 135 Å². The number of phosphoric ester groups is 1.